The van der Waals surface area contributed by atoms with Gasteiger partial charge in [0.1, 0.15) is 0 Å². The van der Waals surface area contributed by atoms with Crippen LogP contribution < -0.4 is 0 Å². The topological polar surface area (TPSA) is 0 Å². The van der Waals surface area contributed by atoms with Gasteiger partial charge in [-0.25, -0.2) is 0 Å². The first kappa shape index (κ1) is 12.0. The van der Waals surface area contributed by atoms with Gasteiger partial charge in [0, 0.05) is 4.47 Å². The summed E-state index contributed by atoms with van der Waals surface area (Å²) in [5, 5.41) is 0. The molecule has 0 bridgehead atoms. The molecular weight excluding hydrogens is 284 g/mol. The van der Waals surface area contributed by atoms with Crippen molar-refractivity contribution in [3.05, 3.63) is 58.1 Å². The van der Waals surface area contributed by atoms with Gasteiger partial charge in [0.2, 0.25) is 0 Å². The molecule has 18 heavy (non-hydrogen) atoms. The standard InChI is InChI=1S/C17H17Br/c1-12-5-4-7-13-6-2-3-8-15(13)16-10-9-14(18)11-17(12)16/h2-3,6,8-12H,4-5,7H2,1H3. The maximum absolute atomic E-state index is 3.60. The van der Waals surface area contributed by atoms with Gasteiger partial charge in [0.05, 0.1) is 0 Å². The predicted molar refractivity (Wildman–Crippen MR) is 80.9 cm³/mol. The fourth-order valence-electron chi connectivity index (χ4n) is 2.94. The van der Waals surface area contributed by atoms with Crippen LogP contribution in [0.15, 0.2) is 46.9 Å². The number of fused-ring (bicyclic) bond motifs is 3. The summed E-state index contributed by atoms with van der Waals surface area (Å²) >= 11 is 3.60. The van der Waals surface area contributed by atoms with Crippen LogP contribution in [0, 0.1) is 0 Å². The Hall–Kier alpha value is -1.08. The van der Waals surface area contributed by atoms with E-state index >= 15 is 0 Å². The van der Waals surface area contributed by atoms with Crippen LogP contribution in [-0.2, 0) is 6.42 Å². The number of aryl methyl sites for hydroxylation is 1. The maximum Gasteiger partial charge on any atom is 0.0178 e. The normalized spacial score (nSPS) is 18.4. The highest BCUT2D eigenvalue weighted by Crippen LogP contribution is 2.38. The summed E-state index contributed by atoms with van der Waals surface area (Å²) in [5.41, 5.74) is 5.82. The van der Waals surface area contributed by atoms with Gasteiger partial charge < -0.3 is 0 Å². The summed E-state index contributed by atoms with van der Waals surface area (Å²) in [6.45, 7) is 2.35. The second-order valence-electron chi connectivity index (χ2n) is 5.18. The van der Waals surface area contributed by atoms with Gasteiger partial charge in [-0.3, -0.25) is 0 Å². The first-order chi connectivity index (χ1) is 8.75. The monoisotopic (exact) mass is 300 g/mol. The molecule has 1 aliphatic rings. The molecule has 0 spiro atoms. The Morgan fingerprint density at radius 1 is 1.06 bits per heavy atom. The van der Waals surface area contributed by atoms with Crippen molar-refractivity contribution in [2.75, 3.05) is 0 Å². The molecule has 0 aliphatic heterocycles. The van der Waals surface area contributed by atoms with Crippen molar-refractivity contribution in [1.82, 2.24) is 0 Å². The number of rotatable bonds is 0. The lowest BCUT2D eigenvalue weighted by Gasteiger charge is -2.22. The molecule has 0 saturated heterocycles. The fourth-order valence-corrected chi connectivity index (χ4v) is 3.32. The molecule has 0 amide bonds. The third-order valence-corrected chi connectivity index (χ3v) is 4.43. The van der Waals surface area contributed by atoms with Crippen molar-refractivity contribution in [3.63, 3.8) is 0 Å². The Morgan fingerprint density at radius 3 is 2.78 bits per heavy atom. The summed E-state index contributed by atoms with van der Waals surface area (Å²) in [6.07, 6.45) is 3.76. The highest BCUT2D eigenvalue weighted by molar-refractivity contribution is 9.10. The fraction of sp³-hybridized carbons (Fsp3) is 0.294. The molecule has 92 valence electrons. The molecule has 1 atom stereocenters. The number of halogens is 1. The molecule has 0 heterocycles. The molecule has 3 rings (SSSR count). The van der Waals surface area contributed by atoms with Crippen molar-refractivity contribution in [2.45, 2.75) is 32.1 Å². The van der Waals surface area contributed by atoms with Gasteiger partial charge in [-0.1, -0.05) is 53.2 Å². The molecule has 0 aromatic heterocycles. The molecule has 0 nitrogen and oxygen atoms in total. The van der Waals surface area contributed by atoms with Crippen LogP contribution in [0.5, 0.6) is 0 Å². The maximum atomic E-state index is 3.60. The van der Waals surface area contributed by atoms with Crippen LogP contribution in [0.3, 0.4) is 0 Å². The lowest BCUT2D eigenvalue weighted by Crippen LogP contribution is -2.03. The third-order valence-electron chi connectivity index (χ3n) is 3.94. The minimum atomic E-state index is 0.644. The average molecular weight is 301 g/mol. The van der Waals surface area contributed by atoms with Crippen molar-refractivity contribution in [2.24, 2.45) is 0 Å². The molecule has 0 N–H and O–H groups in total. The van der Waals surface area contributed by atoms with Crippen LogP contribution in [0.2, 0.25) is 0 Å². The predicted octanol–water partition coefficient (Wildman–Crippen LogP) is 5.56. The first-order valence-electron chi connectivity index (χ1n) is 6.63. The molecule has 1 unspecified atom stereocenters. The highest BCUT2D eigenvalue weighted by Gasteiger charge is 2.17. The van der Waals surface area contributed by atoms with Crippen LogP contribution in [0.1, 0.15) is 36.8 Å². The van der Waals surface area contributed by atoms with E-state index in [1.807, 2.05) is 0 Å². The van der Waals surface area contributed by atoms with Crippen molar-refractivity contribution < 1.29 is 0 Å². The number of hydrogen-bond donors (Lipinski definition) is 0. The quantitative estimate of drug-likeness (QED) is 0.598. The van der Waals surface area contributed by atoms with Crippen molar-refractivity contribution in [1.29, 1.82) is 0 Å². The number of benzene rings is 2. The zero-order valence-electron chi connectivity index (χ0n) is 10.6. The van der Waals surface area contributed by atoms with E-state index < -0.39 is 0 Å². The molecular formula is C17H17Br. The Labute approximate surface area is 117 Å². The third kappa shape index (κ3) is 2.12. The molecule has 2 aromatic carbocycles. The van der Waals surface area contributed by atoms with Gasteiger partial charge >= 0.3 is 0 Å². The largest absolute Gasteiger partial charge is 0.0620 e. The van der Waals surface area contributed by atoms with Crippen LogP contribution >= 0.6 is 15.9 Å². The molecule has 0 radical (unpaired) electrons. The minimum absolute atomic E-state index is 0.644. The SMILES string of the molecule is CC1CCCc2ccccc2-c2ccc(Br)cc21. The lowest BCUT2D eigenvalue weighted by molar-refractivity contribution is 0.629. The second kappa shape index (κ2) is 4.89. The van der Waals surface area contributed by atoms with E-state index in [1.165, 1.54) is 46.0 Å². The van der Waals surface area contributed by atoms with Crippen molar-refractivity contribution in [3.8, 4) is 11.1 Å². The zero-order chi connectivity index (χ0) is 12.5. The Kier molecular flexibility index (Phi) is 3.25. The summed E-state index contributed by atoms with van der Waals surface area (Å²) in [4.78, 5) is 0. The van der Waals surface area contributed by atoms with E-state index in [9.17, 15) is 0 Å². The number of hydrogen-bond acceptors (Lipinski definition) is 0. The summed E-state index contributed by atoms with van der Waals surface area (Å²) in [7, 11) is 0. The smallest absolute Gasteiger partial charge is 0.0178 e. The lowest BCUT2D eigenvalue weighted by atomic mass is 9.83. The minimum Gasteiger partial charge on any atom is -0.0620 e. The summed E-state index contributed by atoms with van der Waals surface area (Å²) < 4.78 is 1.19. The molecule has 0 fully saturated rings. The Morgan fingerprint density at radius 2 is 1.89 bits per heavy atom. The van der Waals surface area contributed by atoms with Gasteiger partial charge in [-0.05, 0) is 59.6 Å². The Balaban J connectivity index is 2.25. The van der Waals surface area contributed by atoms with Gasteiger partial charge in [-0.2, -0.15) is 0 Å². The van der Waals surface area contributed by atoms with E-state index in [0.717, 1.165) is 0 Å². The summed E-state index contributed by atoms with van der Waals surface area (Å²) in [6, 6.07) is 15.6. The van der Waals surface area contributed by atoms with Gasteiger partial charge in [0.25, 0.3) is 0 Å². The Bertz CT molecular complexity index is 572. The molecule has 0 saturated carbocycles. The first-order valence-corrected chi connectivity index (χ1v) is 7.43. The summed E-state index contributed by atoms with van der Waals surface area (Å²) in [5.74, 6) is 0.644. The van der Waals surface area contributed by atoms with E-state index in [4.69, 9.17) is 0 Å². The van der Waals surface area contributed by atoms with Crippen LogP contribution in [0.4, 0.5) is 0 Å². The highest BCUT2D eigenvalue weighted by atomic mass is 79.9. The van der Waals surface area contributed by atoms with E-state index in [-0.39, 0.29) is 0 Å². The van der Waals surface area contributed by atoms with Crippen LogP contribution in [0.25, 0.3) is 11.1 Å². The van der Waals surface area contributed by atoms with Crippen molar-refractivity contribution >= 4 is 15.9 Å². The van der Waals surface area contributed by atoms with E-state index in [0.29, 0.717) is 5.92 Å². The second-order valence-corrected chi connectivity index (χ2v) is 6.10. The van der Waals surface area contributed by atoms with Gasteiger partial charge in [-0.15, -0.1) is 0 Å². The van der Waals surface area contributed by atoms with Crippen LogP contribution in [-0.4, -0.2) is 0 Å². The van der Waals surface area contributed by atoms with E-state index in [1.54, 1.807) is 0 Å². The molecule has 1 aliphatic carbocycles. The zero-order valence-corrected chi connectivity index (χ0v) is 12.2. The van der Waals surface area contributed by atoms with Gasteiger partial charge in [0.15, 0.2) is 0 Å². The average Bonchev–Trinajstić information content (AvgIpc) is 2.38. The molecule has 2 aromatic rings. The molecule has 1 heteroatoms. The van der Waals surface area contributed by atoms with E-state index in [2.05, 4.69) is 65.3 Å².